The topological polar surface area (TPSA) is 65.5 Å². The van der Waals surface area contributed by atoms with Gasteiger partial charge in [-0.25, -0.2) is 9.97 Å². The van der Waals surface area contributed by atoms with Crippen molar-refractivity contribution in [1.29, 1.82) is 0 Å². The second-order valence-electron chi connectivity index (χ2n) is 6.15. The Morgan fingerprint density at radius 3 is 3.08 bits per heavy atom. The number of hydrogen-bond donors (Lipinski definition) is 1. The maximum absolute atomic E-state index is 5.89. The predicted molar refractivity (Wildman–Crippen MR) is 102 cm³/mol. The van der Waals surface area contributed by atoms with Crippen LogP contribution in [0.1, 0.15) is 18.4 Å². The quantitative estimate of drug-likeness (QED) is 0.680. The minimum absolute atomic E-state index is 0.187. The fraction of sp³-hybridized carbons (Fsp3) is 0.368. The van der Waals surface area contributed by atoms with E-state index >= 15 is 0 Å². The van der Waals surface area contributed by atoms with Gasteiger partial charge in [0.15, 0.2) is 11.5 Å². The minimum atomic E-state index is 0.187. The molecule has 26 heavy (non-hydrogen) atoms. The minimum Gasteiger partial charge on any atom is -0.493 e. The highest BCUT2D eigenvalue weighted by atomic mass is 32.1. The SMILES string of the molecule is COc1cc(CNc2ncnc3sccc23)ccc1OCC1CCCO1. The lowest BCUT2D eigenvalue weighted by Crippen LogP contribution is -2.16. The molecule has 1 unspecified atom stereocenters. The van der Waals surface area contributed by atoms with Crippen LogP contribution in [0, 0.1) is 0 Å². The normalized spacial score (nSPS) is 16.7. The molecule has 1 fully saturated rings. The number of thiophene rings is 1. The lowest BCUT2D eigenvalue weighted by molar-refractivity contribution is 0.0669. The molecular weight excluding hydrogens is 350 g/mol. The van der Waals surface area contributed by atoms with Crippen LogP contribution < -0.4 is 14.8 Å². The maximum Gasteiger partial charge on any atom is 0.161 e. The Morgan fingerprint density at radius 2 is 2.23 bits per heavy atom. The molecule has 2 aromatic heterocycles. The fourth-order valence-corrected chi connectivity index (χ4v) is 3.75. The summed E-state index contributed by atoms with van der Waals surface area (Å²) >= 11 is 1.61. The van der Waals surface area contributed by atoms with E-state index in [1.165, 1.54) is 0 Å². The summed E-state index contributed by atoms with van der Waals surface area (Å²) < 4.78 is 17.0. The van der Waals surface area contributed by atoms with Crippen LogP contribution in [0.2, 0.25) is 0 Å². The van der Waals surface area contributed by atoms with Crippen molar-refractivity contribution in [3.05, 3.63) is 41.5 Å². The van der Waals surface area contributed by atoms with Crippen LogP contribution in [-0.4, -0.2) is 36.4 Å². The highest BCUT2D eigenvalue weighted by Gasteiger charge is 2.17. The van der Waals surface area contributed by atoms with Crippen LogP contribution in [0.15, 0.2) is 36.0 Å². The molecule has 7 heteroatoms. The summed E-state index contributed by atoms with van der Waals surface area (Å²) in [6.45, 7) is 2.03. The predicted octanol–water partition coefficient (Wildman–Crippen LogP) is 3.87. The van der Waals surface area contributed by atoms with Gasteiger partial charge in [0.1, 0.15) is 23.6 Å². The van der Waals surface area contributed by atoms with Crippen molar-refractivity contribution >= 4 is 27.4 Å². The first-order valence-electron chi connectivity index (χ1n) is 8.67. The Labute approximate surface area is 156 Å². The summed E-state index contributed by atoms with van der Waals surface area (Å²) in [5, 5.41) is 6.44. The average Bonchev–Trinajstić information content (AvgIpc) is 3.36. The first kappa shape index (κ1) is 17.1. The van der Waals surface area contributed by atoms with Gasteiger partial charge in [0.05, 0.1) is 18.6 Å². The number of benzene rings is 1. The zero-order chi connectivity index (χ0) is 17.8. The Hall–Kier alpha value is -2.38. The molecule has 1 saturated heterocycles. The maximum atomic E-state index is 5.89. The van der Waals surface area contributed by atoms with Gasteiger partial charge < -0.3 is 19.5 Å². The standard InChI is InChI=1S/C19H21N3O3S/c1-23-17-9-13(4-5-16(17)25-11-14-3-2-7-24-14)10-20-18-15-6-8-26-19(15)22-12-21-18/h4-6,8-9,12,14H,2-3,7,10-11H2,1H3,(H,20,21,22). The van der Waals surface area contributed by atoms with E-state index in [0.29, 0.717) is 13.2 Å². The monoisotopic (exact) mass is 371 g/mol. The van der Waals surface area contributed by atoms with Gasteiger partial charge in [0, 0.05) is 13.2 Å². The van der Waals surface area contributed by atoms with Crippen LogP contribution in [0.3, 0.4) is 0 Å². The highest BCUT2D eigenvalue weighted by molar-refractivity contribution is 7.16. The lowest BCUT2D eigenvalue weighted by Gasteiger charge is -2.15. The number of aromatic nitrogens is 2. The molecule has 3 heterocycles. The number of rotatable bonds is 7. The summed E-state index contributed by atoms with van der Waals surface area (Å²) in [5.74, 6) is 2.31. The third-order valence-corrected chi connectivity index (χ3v) is 5.22. The van der Waals surface area contributed by atoms with Crippen LogP contribution in [0.5, 0.6) is 11.5 Å². The van der Waals surface area contributed by atoms with Crippen LogP contribution in [0.4, 0.5) is 5.82 Å². The number of methoxy groups -OCH3 is 1. The fourth-order valence-electron chi connectivity index (χ4n) is 3.02. The second-order valence-corrected chi connectivity index (χ2v) is 7.04. The van der Waals surface area contributed by atoms with Crippen LogP contribution in [-0.2, 0) is 11.3 Å². The van der Waals surface area contributed by atoms with Crippen molar-refractivity contribution in [3.8, 4) is 11.5 Å². The van der Waals surface area contributed by atoms with E-state index in [2.05, 4.69) is 15.3 Å². The molecule has 6 nitrogen and oxygen atoms in total. The van der Waals surface area contributed by atoms with E-state index in [-0.39, 0.29) is 6.10 Å². The first-order chi connectivity index (χ1) is 12.8. The van der Waals surface area contributed by atoms with Gasteiger partial charge in [0.25, 0.3) is 0 Å². The highest BCUT2D eigenvalue weighted by Crippen LogP contribution is 2.30. The number of ether oxygens (including phenoxy) is 3. The number of hydrogen-bond acceptors (Lipinski definition) is 7. The van der Waals surface area contributed by atoms with Gasteiger partial charge in [-0.15, -0.1) is 11.3 Å². The summed E-state index contributed by atoms with van der Waals surface area (Å²) in [5.41, 5.74) is 1.09. The Bertz CT molecular complexity index is 877. The molecule has 0 saturated carbocycles. The van der Waals surface area contributed by atoms with Gasteiger partial charge in [-0.3, -0.25) is 0 Å². The Kier molecular flexibility index (Phi) is 5.17. The number of fused-ring (bicyclic) bond motifs is 1. The molecule has 1 N–H and O–H groups in total. The van der Waals surface area contributed by atoms with E-state index in [1.54, 1.807) is 24.8 Å². The van der Waals surface area contributed by atoms with Crippen molar-refractivity contribution in [2.45, 2.75) is 25.5 Å². The first-order valence-corrected chi connectivity index (χ1v) is 9.55. The van der Waals surface area contributed by atoms with Crippen molar-refractivity contribution < 1.29 is 14.2 Å². The van der Waals surface area contributed by atoms with Crippen LogP contribution >= 0.6 is 11.3 Å². The summed E-state index contributed by atoms with van der Waals surface area (Å²) in [6.07, 6.45) is 3.94. The average molecular weight is 371 g/mol. The molecule has 0 radical (unpaired) electrons. The molecule has 3 aromatic rings. The molecule has 0 spiro atoms. The molecule has 1 aliphatic heterocycles. The zero-order valence-corrected chi connectivity index (χ0v) is 15.4. The molecule has 0 amide bonds. The molecule has 1 aliphatic rings. The van der Waals surface area contributed by atoms with Gasteiger partial charge in [-0.2, -0.15) is 0 Å². The largest absolute Gasteiger partial charge is 0.493 e. The van der Waals surface area contributed by atoms with Gasteiger partial charge in [0.2, 0.25) is 0 Å². The molecular formula is C19H21N3O3S. The Morgan fingerprint density at radius 1 is 1.27 bits per heavy atom. The van der Waals surface area contributed by atoms with Crippen molar-refractivity contribution in [2.24, 2.45) is 0 Å². The summed E-state index contributed by atoms with van der Waals surface area (Å²) in [4.78, 5) is 9.60. The molecule has 4 rings (SSSR count). The van der Waals surface area contributed by atoms with Crippen LogP contribution in [0.25, 0.3) is 10.2 Å². The van der Waals surface area contributed by atoms with E-state index < -0.39 is 0 Å². The Balaban J connectivity index is 1.42. The molecule has 0 bridgehead atoms. The van der Waals surface area contributed by atoms with Gasteiger partial charge in [-0.1, -0.05) is 6.07 Å². The van der Waals surface area contributed by atoms with Crippen molar-refractivity contribution in [3.63, 3.8) is 0 Å². The summed E-state index contributed by atoms with van der Waals surface area (Å²) in [7, 11) is 1.66. The van der Waals surface area contributed by atoms with Crippen molar-refractivity contribution in [2.75, 3.05) is 25.6 Å². The van der Waals surface area contributed by atoms with E-state index in [9.17, 15) is 0 Å². The lowest BCUT2D eigenvalue weighted by atomic mass is 10.2. The molecule has 1 atom stereocenters. The smallest absolute Gasteiger partial charge is 0.161 e. The molecule has 136 valence electrons. The van der Waals surface area contributed by atoms with E-state index in [1.807, 2.05) is 29.6 Å². The molecule has 0 aliphatic carbocycles. The number of nitrogens with one attached hydrogen (secondary N) is 1. The van der Waals surface area contributed by atoms with E-state index in [0.717, 1.165) is 52.5 Å². The number of nitrogens with zero attached hydrogens (tertiary/aromatic N) is 2. The molecule has 1 aromatic carbocycles. The zero-order valence-electron chi connectivity index (χ0n) is 14.6. The third-order valence-electron chi connectivity index (χ3n) is 4.40. The third kappa shape index (κ3) is 3.73. The second kappa shape index (κ2) is 7.88. The van der Waals surface area contributed by atoms with E-state index in [4.69, 9.17) is 14.2 Å². The van der Waals surface area contributed by atoms with Gasteiger partial charge in [-0.05, 0) is 42.0 Å². The number of anilines is 1. The van der Waals surface area contributed by atoms with Gasteiger partial charge >= 0.3 is 0 Å². The summed E-state index contributed by atoms with van der Waals surface area (Å²) in [6, 6.07) is 8.01. The van der Waals surface area contributed by atoms with Crippen molar-refractivity contribution in [1.82, 2.24) is 9.97 Å².